The molecule has 1 aromatic carbocycles. The molecule has 0 bridgehead atoms. The van der Waals surface area contributed by atoms with Gasteiger partial charge in [0.2, 0.25) is 0 Å². The third-order valence-electron chi connectivity index (χ3n) is 5.96. The normalized spacial score (nSPS) is 25.5. The van der Waals surface area contributed by atoms with Gasteiger partial charge >= 0.3 is 6.18 Å². The molecule has 208 valence electrons. The molecule has 0 spiro atoms. The number of halogens is 7. The molecular formula is C22H16ClF6N5O4S. The maximum atomic E-state index is 13.9. The molecule has 1 saturated heterocycles. The van der Waals surface area contributed by atoms with Crippen LogP contribution in [0.4, 0.5) is 26.3 Å². The zero-order chi connectivity index (χ0) is 28.7. The zero-order valence-corrected chi connectivity index (χ0v) is 20.8. The Kier molecular flexibility index (Phi) is 8.13. The lowest BCUT2D eigenvalue weighted by molar-refractivity contribution is -0.251. The number of hydrogen-bond donors (Lipinski definition) is 3. The topological polar surface area (TPSA) is 126 Å². The van der Waals surface area contributed by atoms with E-state index in [9.17, 15) is 41.8 Å². The molecule has 3 aromatic rings. The molecule has 0 aliphatic carbocycles. The van der Waals surface area contributed by atoms with Gasteiger partial charge in [-0.1, -0.05) is 16.8 Å². The number of hydrogen-bond acceptors (Lipinski definition) is 9. The summed E-state index contributed by atoms with van der Waals surface area (Å²) in [6.45, 7) is -2.75. The molecule has 0 saturated carbocycles. The van der Waals surface area contributed by atoms with Gasteiger partial charge in [0.25, 0.3) is 0 Å². The molecule has 0 radical (unpaired) electrons. The minimum atomic E-state index is -4.88. The van der Waals surface area contributed by atoms with E-state index in [-0.39, 0.29) is 21.8 Å². The van der Waals surface area contributed by atoms with Crippen molar-refractivity contribution >= 4 is 24.2 Å². The van der Waals surface area contributed by atoms with Crippen molar-refractivity contribution in [3.63, 3.8) is 0 Å². The van der Waals surface area contributed by atoms with Crippen LogP contribution in [0.3, 0.4) is 0 Å². The van der Waals surface area contributed by atoms with Crippen LogP contribution in [-0.4, -0.2) is 73.3 Å². The summed E-state index contributed by atoms with van der Waals surface area (Å²) in [7, 11) is 0. The van der Waals surface area contributed by atoms with E-state index < -0.39 is 71.8 Å². The first-order valence-electron chi connectivity index (χ1n) is 10.8. The van der Waals surface area contributed by atoms with E-state index in [0.29, 0.717) is 12.1 Å². The number of benzene rings is 1. The van der Waals surface area contributed by atoms with Gasteiger partial charge in [-0.3, -0.25) is 0 Å². The van der Waals surface area contributed by atoms with Gasteiger partial charge in [0.1, 0.15) is 53.4 Å². The Bertz CT molecular complexity index is 1400. The minimum Gasteiger partial charge on any atom is -0.394 e. The number of ether oxygens (including phenoxy) is 2. The summed E-state index contributed by atoms with van der Waals surface area (Å²) in [5.74, 6) is -4.88. The van der Waals surface area contributed by atoms with Crippen LogP contribution in [-0.2, 0) is 15.0 Å². The SMILES string of the molecule is N#Cc1ncc(Cl)cc1[C@@]1(n2cc(-c3cc(F)c(F)c(F)c3)nn2)[C@H](O)[C@H](CO)O[C@@H](S)[C@H]1OCC(F)(F)F. The van der Waals surface area contributed by atoms with Crippen molar-refractivity contribution in [3.8, 4) is 17.3 Å². The second-order valence-corrected chi connectivity index (χ2v) is 9.27. The largest absolute Gasteiger partial charge is 0.411 e. The summed E-state index contributed by atoms with van der Waals surface area (Å²) in [6, 6.07) is 4.05. The summed E-state index contributed by atoms with van der Waals surface area (Å²) >= 11 is 10.3. The lowest BCUT2D eigenvalue weighted by atomic mass is 9.74. The fourth-order valence-electron chi connectivity index (χ4n) is 4.35. The van der Waals surface area contributed by atoms with Gasteiger partial charge in [-0.2, -0.15) is 18.4 Å². The number of aliphatic hydroxyl groups excluding tert-OH is 2. The fourth-order valence-corrected chi connectivity index (χ4v) is 4.97. The molecule has 1 fully saturated rings. The highest BCUT2D eigenvalue weighted by Gasteiger charge is 2.61. The number of aromatic nitrogens is 4. The van der Waals surface area contributed by atoms with Crippen LogP contribution in [0, 0.1) is 28.8 Å². The number of nitriles is 1. The van der Waals surface area contributed by atoms with Crippen LogP contribution in [0.15, 0.2) is 30.6 Å². The summed E-state index contributed by atoms with van der Waals surface area (Å²) in [5.41, 5.74) is -5.38. The number of pyridine rings is 1. The molecule has 39 heavy (non-hydrogen) atoms. The van der Waals surface area contributed by atoms with Crippen LogP contribution >= 0.6 is 24.2 Å². The highest BCUT2D eigenvalue weighted by Crippen LogP contribution is 2.46. The molecule has 1 aliphatic heterocycles. The van der Waals surface area contributed by atoms with Crippen molar-refractivity contribution in [1.82, 2.24) is 20.0 Å². The van der Waals surface area contributed by atoms with Gasteiger partial charge in [0.15, 0.2) is 17.5 Å². The quantitative estimate of drug-likeness (QED) is 0.226. The van der Waals surface area contributed by atoms with E-state index in [4.69, 9.17) is 21.1 Å². The van der Waals surface area contributed by atoms with E-state index in [1.165, 1.54) is 0 Å². The first-order chi connectivity index (χ1) is 18.3. The van der Waals surface area contributed by atoms with Crippen LogP contribution in [0.25, 0.3) is 11.3 Å². The van der Waals surface area contributed by atoms with Crippen molar-refractivity contribution in [3.05, 3.63) is 64.3 Å². The van der Waals surface area contributed by atoms with E-state index >= 15 is 0 Å². The molecule has 1 aliphatic rings. The molecule has 3 heterocycles. The van der Waals surface area contributed by atoms with E-state index in [1.54, 1.807) is 6.07 Å². The predicted molar refractivity (Wildman–Crippen MR) is 123 cm³/mol. The molecule has 2 aromatic heterocycles. The Morgan fingerprint density at radius 1 is 1.23 bits per heavy atom. The Labute approximate surface area is 225 Å². The van der Waals surface area contributed by atoms with Gasteiger partial charge in [0, 0.05) is 17.3 Å². The van der Waals surface area contributed by atoms with Crippen molar-refractivity contribution in [1.29, 1.82) is 5.26 Å². The zero-order valence-electron chi connectivity index (χ0n) is 19.2. The molecule has 2 N–H and O–H groups in total. The van der Waals surface area contributed by atoms with Gasteiger partial charge in [-0.05, 0) is 18.2 Å². The third kappa shape index (κ3) is 5.30. The first-order valence-corrected chi connectivity index (χ1v) is 11.7. The molecule has 0 unspecified atom stereocenters. The number of aliphatic hydroxyl groups is 2. The molecule has 17 heteroatoms. The lowest BCUT2D eigenvalue weighted by Crippen LogP contribution is -2.68. The number of thiol groups is 1. The minimum absolute atomic E-state index is 0.115. The number of rotatable bonds is 6. The van der Waals surface area contributed by atoms with Crippen molar-refractivity contribution in [2.75, 3.05) is 13.2 Å². The van der Waals surface area contributed by atoms with E-state index in [1.807, 2.05) is 0 Å². The number of alkyl halides is 3. The van der Waals surface area contributed by atoms with Gasteiger partial charge in [-0.25, -0.2) is 22.8 Å². The monoisotopic (exact) mass is 595 g/mol. The van der Waals surface area contributed by atoms with Crippen LogP contribution in [0.2, 0.25) is 5.02 Å². The van der Waals surface area contributed by atoms with E-state index in [2.05, 4.69) is 27.9 Å². The standard InChI is InChI=1S/C22H16ClF6N5O4S/c23-10-3-11(14(4-30)31-5-10)22(18(36)16(7-35)38-20(39)19(22)37-8-21(27,28)29)34-6-15(32-33-34)9-1-12(24)17(26)13(25)2-9/h1-3,5-6,16,18-20,35-36,39H,7-8H2/t16-,18+,19+,20-,22+/m0/s1. The highest BCUT2D eigenvalue weighted by atomic mass is 35.5. The second kappa shape index (κ2) is 10.9. The maximum absolute atomic E-state index is 13.9. The summed E-state index contributed by atoms with van der Waals surface area (Å²) in [5, 5.41) is 38.7. The molecule has 4 rings (SSSR count). The average molecular weight is 596 g/mol. The van der Waals surface area contributed by atoms with Gasteiger partial charge < -0.3 is 19.7 Å². The molecule has 9 nitrogen and oxygen atoms in total. The first kappa shape index (κ1) is 29.1. The van der Waals surface area contributed by atoms with Crippen LogP contribution < -0.4 is 0 Å². The van der Waals surface area contributed by atoms with Crippen LogP contribution in [0.1, 0.15) is 11.3 Å². The Morgan fingerprint density at radius 2 is 1.90 bits per heavy atom. The third-order valence-corrected chi connectivity index (χ3v) is 6.56. The maximum Gasteiger partial charge on any atom is 0.411 e. The van der Waals surface area contributed by atoms with Crippen LogP contribution in [0.5, 0.6) is 0 Å². The van der Waals surface area contributed by atoms with E-state index in [0.717, 1.165) is 23.1 Å². The fraction of sp³-hybridized carbons (Fsp3) is 0.364. The van der Waals surface area contributed by atoms with Gasteiger partial charge in [0.05, 0.1) is 17.8 Å². The van der Waals surface area contributed by atoms with Crippen molar-refractivity contribution in [2.24, 2.45) is 0 Å². The van der Waals surface area contributed by atoms with Crippen molar-refractivity contribution in [2.45, 2.75) is 35.5 Å². The molecule has 5 atom stereocenters. The summed E-state index contributed by atoms with van der Waals surface area (Å²) < 4.78 is 92.4. The molecular weight excluding hydrogens is 580 g/mol. The lowest BCUT2D eigenvalue weighted by Gasteiger charge is -2.51. The predicted octanol–water partition coefficient (Wildman–Crippen LogP) is 2.98. The second-order valence-electron chi connectivity index (χ2n) is 8.33. The Hall–Kier alpha value is -2.94. The highest BCUT2D eigenvalue weighted by molar-refractivity contribution is 7.80. The Morgan fingerprint density at radius 3 is 2.49 bits per heavy atom. The van der Waals surface area contributed by atoms with Crippen molar-refractivity contribution < 1.29 is 46.0 Å². The summed E-state index contributed by atoms with van der Waals surface area (Å²) in [6.07, 6.45) is -8.32. The summed E-state index contributed by atoms with van der Waals surface area (Å²) in [4.78, 5) is 3.88. The smallest absolute Gasteiger partial charge is 0.394 e. The number of nitrogens with zero attached hydrogens (tertiary/aromatic N) is 5. The molecule has 0 amide bonds. The van der Waals surface area contributed by atoms with Gasteiger partial charge in [-0.15, -0.1) is 17.7 Å². The Balaban J connectivity index is 2.03. The average Bonchev–Trinajstić information content (AvgIpc) is 3.37.